The summed E-state index contributed by atoms with van der Waals surface area (Å²) in [6.07, 6.45) is 8.47. The molecule has 26 heavy (non-hydrogen) atoms. The van der Waals surface area contributed by atoms with Crippen LogP contribution in [0.2, 0.25) is 0 Å². The number of fused-ring (bicyclic) bond motifs is 1. The number of furan rings is 1. The molecule has 1 aliphatic carbocycles. The van der Waals surface area contributed by atoms with Crippen molar-refractivity contribution >= 4 is 11.0 Å². The Bertz CT molecular complexity index is 825. The summed E-state index contributed by atoms with van der Waals surface area (Å²) in [4.78, 5) is 2.41. The molecule has 0 unspecified atom stereocenters. The zero-order chi connectivity index (χ0) is 18.0. The van der Waals surface area contributed by atoms with Crippen molar-refractivity contribution in [3.05, 3.63) is 42.1 Å². The van der Waals surface area contributed by atoms with Gasteiger partial charge in [-0.15, -0.1) is 0 Å². The van der Waals surface area contributed by atoms with E-state index in [4.69, 9.17) is 4.42 Å². The second-order valence-electron chi connectivity index (χ2n) is 7.70. The quantitative estimate of drug-likeness (QED) is 0.699. The Labute approximate surface area is 154 Å². The predicted octanol–water partition coefficient (Wildman–Crippen LogP) is 4.18. The van der Waals surface area contributed by atoms with Crippen LogP contribution >= 0.6 is 0 Å². The van der Waals surface area contributed by atoms with Gasteiger partial charge in [-0.1, -0.05) is 37.5 Å². The lowest BCUT2D eigenvalue weighted by molar-refractivity contribution is 0.0984. The van der Waals surface area contributed by atoms with Crippen LogP contribution in [-0.4, -0.2) is 41.3 Å². The van der Waals surface area contributed by atoms with E-state index in [-0.39, 0.29) is 5.54 Å². The van der Waals surface area contributed by atoms with E-state index in [1.54, 1.807) is 0 Å². The maximum Gasteiger partial charge on any atom is 0.153 e. The van der Waals surface area contributed by atoms with Crippen LogP contribution in [0.15, 0.2) is 40.9 Å². The number of hydrogen-bond acceptors (Lipinski definition) is 4. The molecule has 1 fully saturated rings. The van der Waals surface area contributed by atoms with E-state index in [9.17, 15) is 0 Å². The second kappa shape index (κ2) is 7.25. The zero-order valence-electron chi connectivity index (χ0n) is 15.7. The van der Waals surface area contributed by atoms with E-state index >= 15 is 0 Å². The first kappa shape index (κ1) is 17.3. The highest BCUT2D eigenvalue weighted by Crippen LogP contribution is 2.32. The molecule has 1 aliphatic rings. The number of aromatic amines is 1. The van der Waals surface area contributed by atoms with E-state index in [0.717, 1.165) is 41.1 Å². The van der Waals surface area contributed by atoms with Gasteiger partial charge in [0, 0.05) is 29.6 Å². The number of nitrogens with zero attached hydrogens (tertiary/aromatic N) is 2. The summed E-state index contributed by atoms with van der Waals surface area (Å²) in [7, 11) is 4.43. The van der Waals surface area contributed by atoms with Gasteiger partial charge in [-0.2, -0.15) is 5.10 Å². The fraction of sp³-hybridized carbons (Fsp3) is 0.476. The predicted molar refractivity (Wildman–Crippen MR) is 105 cm³/mol. The molecule has 0 bridgehead atoms. The van der Waals surface area contributed by atoms with Crippen LogP contribution in [0, 0.1) is 0 Å². The molecule has 138 valence electrons. The first-order chi connectivity index (χ1) is 12.7. The fourth-order valence-corrected chi connectivity index (χ4v) is 4.19. The van der Waals surface area contributed by atoms with Crippen LogP contribution in [0.25, 0.3) is 22.4 Å². The highest BCUT2D eigenvalue weighted by molar-refractivity contribution is 5.82. The zero-order valence-corrected chi connectivity index (χ0v) is 15.7. The molecule has 2 N–H and O–H groups in total. The summed E-state index contributed by atoms with van der Waals surface area (Å²) < 4.78 is 6.00. The molecular weight excluding hydrogens is 324 g/mol. The standard InChI is InChI=1S/C21H28N4O/c1-25(2)21(10-6-3-7-11-21)15-22-13-17-14-23-24-20(17)19-12-16-8-4-5-9-18(16)26-19/h4-5,8-9,12,14,22H,3,6-7,10-11,13,15H2,1-2H3,(H,23,24). The van der Waals surface area contributed by atoms with Gasteiger partial charge in [0.2, 0.25) is 0 Å². The number of rotatable bonds is 6. The van der Waals surface area contributed by atoms with Crippen LogP contribution in [0.4, 0.5) is 0 Å². The van der Waals surface area contributed by atoms with Gasteiger partial charge in [-0.05, 0) is 39.1 Å². The Balaban J connectivity index is 1.47. The van der Waals surface area contributed by atoms with Gasteiger partial charge in [0.15, 0.2) is 5.76 Å². The molecule has 5 nitrogen and oxygen atoms in total. The summed E-state index contributed by atoms with van der Waals surface area (Å²) >= 11 is 0. The van der Waals surface area contributed by atoms with Crippen LogP contribution in [0.3, 0.4) is 0 Å². The van der Waals surface area contributed by atoms with Crippen LogP contribution in [-0.2, 0) is 6.54 Å². The monoisotopic (exact) mass is 352 g/mol. The van der Waals surface area contributed by atoms with E-state index in [0.29, 0.717) is 0 Å². The summed E-state index contributed by atoms with van der Waals surface area (Å²) in [6, 6.07) is 10.2. The van der Waals surface area contributed by atoms with Crippen molar-refractivity contribution in [1.29, 1.82) is 0 Å². The number of para-hydroxylation sites is 1. The molecule has 0 aliphatic heterocycles. The Morgan fingerprint density at radius 2 is 2.00 bits per heavy atom. The highest BCUT2D eigenvalue weighted by atomic mass is 16.3. The molecule has 0 radical (unpaired) electrons. The summed E-state index contributed by atoms with van der Waals surface area (Å²) in [5.41, 5.74) is 3.30. The smallest absolute Gasteiger partial charge is 0.153 e. The number of hydrogen-bond donors (Lipinski definition) is 2. The number of likely N-dealkylation sites (N-methyl/N-ethyl adjacent to an activating group) is 1. The van der Waals surface area contributed by atoms with Crippen LogP contribution in [0.1, 0.15) is 37.7 Å². The molecule has 2 heterocycles. The molecule has 0 spiro atoms. The lowest BCUT2D eigenvalue weighted by Crippen LogP contribution is -2.52. The Morgan fingerprint density at radius 3 is 2.77 bits per heavy atom. The Kier molecular flexibility index (Phi) is 4.83. The van der Waals surface area contributed by atoms with E-state index in [1.807, 2.05) is 24.4 Å². The number of benzene rings is 1. The molecule has 4 rings (SSSR count). The Morgan fingerprint density at radius 1 is 1.19 bits per heavy atom. The second-order valence-corrected chi connectivity index (χ2v) is 7.70. The topological polar surface area (TPSA) is 57.1 Å². The summed E-state index contributed by atoms with van der Waals surface area (Å²) in [6.45, 7) is 1.79. The average Bonchev–Trinajstić information content (AvgIpc) is 3.28. The molecule has 0 atom stereocenters. The van der Waals surface area contributed by atoms with Gasteiger partial charge in [0.25, 0.3) is 0 Å². The molecule has 3 aromatic rings. The molecule has 2 aromatic heterocycles. The molecule has 5 heteroatoms. The van der Waals surface area contributed by atoms with Gasteiger partial charge < -0.3 is 14.6 Å². The van der Waals surface area contributed by atoms with Crippen LogP contribution in [0.5, 0.6) is 0 Å². The van der Waals surface area contributed by atoms with Gasteiger partial charge in [0.1, 0.15) is 11.3 Å². The van der Waals surface area contributed by atoms with Gasteiger partial charge in [-0.3, -0.25) is 5.10 Å². The first-order valence-electron chi connectivity index (χ1n) is 9.57. The van der Waals surface area contributed by atoms with Crippen LogP contribution < -0.4 is 5.32 Å². The minimum Gasteiger partial charge on any atom is -0.454 e. The summed E-state index contributed by atoms with van der Waals surface area (Å²) in [5.74, 6) is 0.848. The minimum absolute atomic E-state index is 0.279. The van der Waals surface area contributed by atoms with Crippen molar-refractivity contribution in [3.63, 3.8) is 0 Å². The van der Waals surface area contributed by atoms with E-state index < -0.39 is 0 Å². The minimum atomic E-state index is 0.279. The van der Waals surface area contributed by atoms with E-state index in [2.05, 4.69) is 46.6 Å². The van der Waals surface area contributed by atoms with Crippen molar-refractivity contribution in [2.75, 3.05) is 20.6 Å². The van der Waals surface area contributed by atoms with Gasteiger partial charge in [0.05, 0.1) is 6.20 Å². The largest absolute Gasteiger partial charge is 0.454 e. The normalized spacial score (nSPS) is 17.2. The lowest BCUT2D eigenvalue weighted by atomic mass is 9.80. The molecular formula is C21H28N4O. The number of H-pyrrole nitrogens is 1. The molecule has 0 saturated heterocycles. The third kappa shape index (κ3) is 3.29. The maximum atomic E-state index is 6.00. The third-order valence-corrected chi connectivity index (χ3v) is 5.89. The molecule has 1 saturated carbocycles. The van der Waals surface area contributed by atoms with E-state index in [1.165, 1.54) is 32.1 Å². The van der Waals surface area contributed by atoms with Crippen molar-refractivity contribution in [2.45, 2.75) is 44.2 Å². The lowest BCUT2D eigenvalue weighted by Gasteiger charge is -2.43. The fourth-order valence-electron chi connectivity index (χ4n) is 4.19. The number of aromatic nitrogens is 2. The molecule has 1 aromatic carbocycles. The molecule has 0 amide bonds. The van der Waals surface area contributed by atoms with Crippen molar-refractivity contribution in [1.82, 2.24) is 20.4 Å². The van der Waals surface area contributed by atoms with Crippen molar-refractivity contribution < 1.29 is 4.42 Å². The summed E-state index contributed by atoms with van der Waals surface area (Å²) in [5, 5.41) is 12.2. The van der Waals surface area contributed by atoms with Crippen molar-refractivity contribution in [3.8, 4) is 11.5 Å². The average molecular weight is 352 g/mol. The Hall–Kier alpha value is -2.11. The SMILES string of the molecule is CN(C)C1(CNCc2cn[nH]c2-c2cc3ccccc3o2)CCCCC1. The third-order valence-electron chi connectivity index (χ3n) is 5.89. The number of nitrogens with one attached hydrogen (secondary N) is 2. The first-order valence-corrected chi connectivity index (χ1v) is 9.57. The van der Waals surface area contributed by atoms with Gasteiger partial charge in [-0.25, -0.2) is 0 Å². The van der Waals surface area contributed by atoms with Gasteiger partial charge >= 0.3 is 0 Å². The van der Waals surface area contributed by atoms with Crippen molar-refractivity contribution in [2.24, 2.45) is 0 Å². The maximum absolute atomic E-state index is 6.00. The highest BCUT2D eigenvalue weighted by Gasteiger charge is 2.33.